The molecule has 3 rings (SSSR count). The molecule has 2 heterocycles. The molecule has 26 heavy (non-hydrogen) atoms. The van der Waals surface area contributed by atoms with E-state index in [9.17, 15) is 0 Å². The van der Waals surface area contributed by atoms with Crippen LogP contribution in [0.15, 0.2) is 23.5 Å². The zero-order valence-electron chi connectivity index (χ0n) is 16.2. The third-order valence-corrected chi connectivity index (χ3v) is 5.65. The maximum Gasteiger partial charge on any atom is 0.191 e. The zero-order chi connectivity index (χ0) is 17.5. The van der Waals surface area contributed by atoms with Gasteiger partial charge in [0.05, 0.1) is 0 Å². The topological polar surface area (TPSA) is 52.6 Å². The number of aliphatic imine (C=N–C) groups is 1. The molecule has 1 aliphatic carbocycles. The highest BCUT2D eigenvalue weighted by Gasteiger charge is 2.26. The second-order valence-corrected chi connectivity index (χ2v) is 7.59. The molecule has 1 saturated heterocycles. The van der Waals surface area contributed by atoms with Crippen LogP contribution in [-0.2, 0) is 6.42 Å². The van der Waals surface area contributed by atoms with E-state index in [0.717, 1.165) is 31.4 Å². The van der Waals surface area contributed by atoms with Gasteiger partial charge in [-0.15, -0.1) is 24.0 Å². The highest BCUT2D eigenvalue weighted by Crippen LogP contribution is 2.26. The largest absolute Gasteiger partial charge is 0.356 e. The molecule has 5 nitrogen and oxygen atoms in total. The number of rotatable bonds is 6. The first-order valence-corrected chi connectivity index (χ1v) is 9.83. The van der Waals surface area contributed by atoms with Crippen molar-refractivity contribution in [3.63, 3.8) is 0 Å². The van der Waals surface area contributed by atoms with Crippen molar-refractivity contribution in [3.8, 4) is 0 Å². The monoisotopic (exact) mass is 471 g/mol. The van der Waals surface area contributed by atoms with E-state index in [4.69, 9.17) is 0 Å². The van der Waals surface area contributed by atoms with Crippen LogP contribution in [0.3, 0.4) is 0 Å². The van der Waals surface area contributed by atoms with Crippen molar-refractivity contribution in [1.29, 1.82) is 0 Å². The van der Waals surface area contributed by atoms with Crippen LogP contribution in [0.2, 0.25) is 0 Å². The molecule has 0 radical (unpaired) electrons. The average molecular weight is 471 g/mol. The summed E-state index contributed by atoms with van der Waals surface area (Å²) in [4.78, 5) is 11.2. The predicted octanol–water partition coefficient (Wildman–Crippen LogP) is 2.98. The van der Waals surface area contributed by atoms with Crippen LogP contribution >= 0.6 is 24.0 Å². The van der Waals surface area contributed by atoms with E-state index in [1.807, 2.05) is 19.4 Å². The highest BCUT2D eigenvalue weighted by molar-refractivity contribution is 14.0. The van der Waals surface area contributed by atoms with Crippen LogP contribution in [0.25, 0.3) is 0 Å². The summed E-state index contributed by atoms with van der Waals surface area (Å²) < 4.78 is 0. The number of hydrogen-bond acceptors (Lipinski definition) is 3. The molecular formula is C20H34IN5. The first kappa shape index (κ1) is 21.4. The maximum atomic E-state index is 4.40. The van der Waals surface area contributed by atoms with E-state index in [-0.39, 0.29) is 24.0 Å². The zero-order valence-corrected chi connectivity index (χ0v) is 18.5. The van der Waals surface area contributed by atoms with Crippen molar-refractivity contribution >= 4 is 29.9 Å². The lowest BCUT2D eigenvalue weighted by Gasteiger charge is -2.21. The Hall–Kier alpha value is -0.890. The molecule has 1 atom stereocenters. The third-order valence-electron chi connectivity index (χ3n) is 5.65. The first-order chi connectivity index (χ1) is 12.2. The van der Waals surface area contributed by atoms with Crippen molar-refractivity contribution < 1.29 is 0 Å². The average Bonchev–Trinajstić information content (AvgIpc) is 3.28. The van der Waals surface area contributed by atoms with E-state index >= 15 is 0 Å². The second kappa shape index (κ2) is 11.1. The highest BCUT2D eigenvalue weighted by atomic mass is 127. The Labute approximate surface area is 175 Å². The molecule has 0 amide bonds. The van der Waals surface area contributed by atoms with Gasteiger partial charge >= 0.3 is 0 Å². The van der Waals surface area contributed by atoms with Gasteiger partial charge in [-0.1, -0.05) is 12.8 Å². The minimum absolute atomic E-state index is 0. The molecule has 0 spiro atoms. The van der Waals surface area contributed by atoms with Gasteiger partial charge in [0.25, 0.3) is 0 Å². The van der Waals surface area contributed by atoms with Crippen molar-refractivity contribution in [3.05, 3.63) is 29.6 Å². The first-order valence-electron chi connectivity index (χ1n) is 9.83. The molecule has 2 fully saturated rings. The number of halogens is 1. The summed E-state index contributed by atoms with van der Waals surface area (Å²) in [5, 5.41) is 7.07. The molecule has 146 valence electrons. The number of likely N-dealkylation sites (tertiary alicyclic amines) is 1. The molecule has 1 aromatic rings. The molecule has 2 aliphatic rings. The van der Waals surface area contributed by atoms with Crippen LogP contribution in [0.1, 0.15) is 43.2 Å². The van der Waals surface area contributed by atoms with Gasteiger partial charge in [0, 0.05) is 51.7 Å². The van der Waals surface area contributed by atoms with E-state index in [2.05, 4.69) is 38.5 Å². The fraction of sp³-hybridized carbons (Fsp3) is 0.700. The summed E-state index contributed by atoms with van der Waals surface area (Å²) in [5.74, 6) is 1.87. The number of guanidine groups is 1. The second-order valence-electron chi connectivity index (χ2n) is 7.59. The Kier molecular flexibility index (Phi) is 9.11. The van der Waals surface area contributed by atoms with Gasteiger partial charge in [0.15, 0.2) is 5.96 Å². The molecule has 1 unspecified atom stereocenters. The maximum absolute atomic E-state index is 4.40. The van der Waals surface area contributed by atoms with Crippen molar-refractivity contribution in [2.75, 3.05) is 33.2 Å². The number of nitrogens with zero attached hydrogens (tertiary/aromatic N) is 3. The molecule has 0 aromatic carbocycles. The van der Waals surface area contributed by atoms with Gasteiger partial charge in [-0.25, -0.2) is 0 Å². The molecular weight excluding hydrogens is 437 g/mol. The number of nitrogens with one attached hydrogen (secondary N) is 2. The van der Waals surface area contributed by atoms with Crippen LogP contribution in [0.4, 0.5) is 0 Å². The number of pyridine rings is 1. The van der Waals surface area contributed by atoms with Crippen molar-refractivity contribution in [2.45, 2.75) is 51.5 Å². The molecule has 1 aliphatic heterocycles. The summed E-state index contributed by atoms with van der Waals surface area (Å²) in [6, 6.07) is 2.63. The fourth-order valence-electron chi connectivity index (χ4n) is 4.16. The summed E-state index contributed by atoms with van der Waals surface area (Å²) in [7, 11) is 1.86. The normalized spacial score (nSPS) is 21.6. The number of hydrogen-bond donors (Lipinski definition) is 2. The Bertz CT molecular complexity index is 571. The molecule has 1 aromatic heterocycles. The van der Waals surface area contributed by atoms with Crippen LogP contribution in [0.5, 0.6) is 0 Å². The van der Waals surface area contributed by atoms with E-state index < -0.39 is 0 Å². The number of aryl methyl sites for hydroxylation is 1. The quantitative estimate of drug-likeness (QED) is 0.381. The van der Waals surface area contributed by atoms with Crippen LogP contribution in [-0.4, -0.2) is 55.1 Å². The van der Waals surface area contributed by atoms with Crippen molar-refractivity contribution in [2.24, 2.45) is 10.9 Å². The van der Waals surface area contributed by atoms with Crippen LogP contribution < -0.4 is 10.6 Å². The smallest absolute Gasteiger partial charge is 0.191 e. The predicted molar refractivity (Wildman–Crippen MR) is 119 cm³/mol. The summed E-state index contributed by atoms with van der Waals surface area (Å²) in [6.45, 7) is 6.68. The molecule has 0 bridgehead atoms. The summed E-state index contributed by atoms with van der Waals surface area (Å²) in [5.41, 5.74) is 2.60. The molecule has 6 heteroatoms. The van der Waals surface area contributed by atoms with E-state index in [1.165, 1.54) is 56.3 Å². The van der Waals surface area contributed by atoms with E-state index in [0.29, 0.717) is 6.04 Å². The SMILES string of the molecule is CN=C(NCCc1ccncc1C)NC1CCN(CC2CCCC2)C1.I. The fourth-order valence-corrected chi connectivity index (χ4v) is 4.16. The lowest BCUT2D eigenvalue weighted by atomic mass is 10.1. The Morgan fingerprint density at radius 1 is 1.31 bits per heavy atom. The minimum Gasteiger partial charge on any atom is -0.356 e. The Morgan fingerprint density at radius 3 is 2.85 bits per heavy atom. The number of aromatic nitrogens is 1. The molecule has 2 N–H and O–H groups in total. The Morgan fingerprint density at radius 2 is 2.12 bits per heavy atom. The van der Waals surface area contributed by atoms with Gasteiger partial charge < -0.3 is 15.5 Å². The Balaban J connectivity index is 0.00000243. The van der Waals surface area contributed by atoms with Crippen LogP contribution in [0, 0.1) is 12.8 Å². The van der Waals surface area contributed by atoms with Crippen molar-refractivity contribution in [1.82, 2.24) is 20.5 Å². The molecule has 1 saturated carbocycles. The lowest BCUT2D eigenvalue weighted by molar-refractivity contribution is 0.275. The minimum atomic E-state index is 0. The summed E-state index contributed by atoms with van der Waals surface area (Å²) >= 11 is 0. The summed E-state index contributed by atoms with van der Waals surface area (Å²) in [6.07, 6.45) is 11.8. The van der Waals surface area contributed by atoms with Gasteiger partial charge in [0.2, 0.25) is 0 Å². The third kappa shape index (κ3) is 6.37. The van der Waals surface area contributed by atoms with Gasteiger partial charge in [-0.2, -0.15) is 0 Å². The van der Waals surface area contributed by atoms with Gasteiger partial charge in [-0.05, 0) is 55.7 Å². The lowest BCUT2D eigenvalue weighted by Crippen LogP contribution is -2.45. The standard InChI is InChI=1S/C20H33N5.HI/c1-16-13-22-10-7-18(16)8-11-23-20(21-2)24-19-9-12-25(15-19)14-17-5-3-4-6-17;/h7,10,13,17,19H,3-6,8-9,11-12,14-15H2,1-2H3,(H2,21,23,24);1H. The van der Waals surface area contributed by atoms with E-state index in [1.54, 1.807) is 0 Å². The van der Waals surface area contributed by atoms with Gasteiger partial charge in [0.1, 0.15) is 0 Å². The van der Waals surface area contributed by atoms with Gasteiger partial charge in [-0.3, -0.25) is 9.98 Å².